The maximum atomic E-state index is 9.09. The molecule has 90 valence electrons. The number of hydrogen-bond donors (Lipinski definition) is 2. The highest BCUT2D eigenvalue weighted by molar-refractivity contribution is 9.10. The molecule has 2 N–H and O–H groups in total. The molecular weight excluding hydrogens is 304 g/mol. The Balaban J connectivity index is 2.55. The predicted molar refractivity (Wildman–Crippen MR) is 74.6 cm³/mol. The summed E-state index contributed by atoms with van der Waals surface area (Å²) in [6.07, 6.45) is 1.73. The molecule has 0 saturated heterocycles. The van der Waals surface area contributed by atoms with Crippen LogP contribution in [0.1, 0.15) is 6.92 Å². The molecule has 0 bridgehead atoms. The minimum atomic E-state index is -0.0208. The standard InChI is InChI=1S/C12H12BrClN2O/c1-7(6-17)16-12-9-3-2-8(14)4-11(9)15-5-10(12)13/h2-5,7,17H,6H2,1H3,(H,15,16). The number of anilines is 1. The lowest BCUT2D eigenvalue weighted by Crippen LogP contribution is -2.19. The van der Waals surface area contributed by atoms with Crippen molar-refractivity contribution >= 4 is 44.1 Å². The van der Waals surface area contributed by atoms with Gasteiger partial charge in [-0.05, 0) is 41.1 Å². The number of nitrogens with one attached hydrogen (secondary N) is 1. The first kappa shape index (κ1) is 12.6. The Morgan fingerprint density at radius 3 is 3.00 bits per heavy atom. The molecule has 3 nitrogen and oxygen atoms in total. The van der Waals surface area contributed by atoms with Crippen molar-refractivity contribution in [2.24, 2.45) is 0 Å². The van der Waals surface area contributed by atoms with Gasteiger partial charge in [0.25, 0.3) is 0 Å². The van der Waals surface area contributed by atoms with Gasteiger partial charge in [0.2, 0.25) is 0 Å². The lowest BCUT2D eigenvalue weighted by molar-refractivity contribution is 0.281. The monoisotopic (exact) mass is 314 g/mol. The van der Waals surface area contributed by atoms with Gasteiger partial charge in [0.05, 0.1) is 22.3 Å². The number of aromatic nitrogens is 1. The fourth-order valence-electron chi connectivity index (χ4n) is 1.58. The van der Waals surface area contributed by atoms with Gasteiger partial charge in [-0.3, -0.25) is 4.98 Å². The molecule has 0 fully saturated rings. The van der Waals surface area contributed by atoms with Crippen molar-refractivity contribution in [2.45, 2.75) is 13.0 Å². The fourth-order valence-corrected chi connectivity index (χ4v) is 2.18. The Kier molecular flexibility index (Phi) is 3.86. The molecule has 0 amide bonds. The highest BCUT2D eigenvalue weighted by atomic mass is 79.9. The Morgan fingerprint density at radius 1 is 1.53 bits per heavy atom. The number of benzene rings is 1. The first-order valence-corrected chi connectivity index (χ1v) is 6.40. The van der Waals surface area contributed by atoms with Gasteiger partial charge < -0.3 is 10.4 Å². The summed E-state index contributed by atoms with van der Waals surface area (Å²) >= 11 is 9.39. The molecule has 1 aromatic heterocycles. The van der Waals surface area contributed by atoms with Crippen molar-refractivity contribution in [1.29, 1.82) is 0 Å². The highest BCUT2D eigenvalue weighted by Crippen LogP contribution is 2.31. The van der Waals surface area contributed by atoms with Crippen LogP contribution in [0.3, 0.4) is 0 Å². The van der Waals surface area contributed by atoms with E-state index in [1.54, 1.807) is 6.20 Å². The highest BCUT2D eigenvalue weighted by Gasteiger charge is 2.09. The van der Waals surface area contributed by atoms with E-state index in [9.17, 15) is 0 Å². The van der Waals surface area contributed by atoms with E-state index in [0.717, 1.165) is 21.1 Å². The number of aliphatic hydroxyl groups is 1. The lowest BCUT2D eigenvalue weighted by Gasteiger charge is -2.16. The number of pyridine rings is 1. The molecule has 0 aliphatic carbocycles. The van der Waals surface area contributed by atoms with Crippen molar-refractivity contribution < 1.29 is 5.11 Å². The molecular formula is C12H12BrClN2O. The number of aliphatic hydroxyl groups excluding tert-OH is 1. The zero-order valence-corrected chi connectivity index (χ0v) is 11.6. The van der Waals surface area contributed by atoms with Crippen molar-refractivity contribution in [2.75, 3.05) is 11.9 Å². The summed E-state index contributed by atoms with van der Waals surface area (Å²) in [4.78, 5) is 4.30. The van der Waals surface area contributed by atoms with E-state index in [2.05, 4.69) is 26.2 Å². The predicted octanol–water partition coefficient (Wildman–Crippen LogP) is 3.44. The zero-order valence-electron chi connectivity index (χ0n) is 9.24. The van der Waals surface area contributed by atoms with Gasteiger partial charge in [-0.15, -0.1) is 0 Å². The van der Waals surface area contributed by atoms with Gasteiger partial charge >= 0.3 is 0 Å². The molecule has 1 aromatic carbocycles. The summed E-state index contributed by atoms with van der Waals surface area (Å²) in [5.41, 5.74) is 1.75. The van der Waals surface area contributed by atoms with Crippen LogP contribution in [0.25, 0.3) is 10.9 Å². The summed E-state index contributed by atoms with van der Waals surface area (Å²) in [6, 6.07) is 5.54. The minimum Gasteiger partial charge on any atom is -0.394 e. The van der Waals surface area contributed by atoms with Crippen LogP contribution in [0, 0.1) is 0 Å². The summed E-state index contributed by atoms with van der Waals surface area (Å²) in [6.45, 7) is 1.98. The molecule has 0 radical (unpaired) electrons. The van der Waals surface area contributed by atoms with Crippen molar-refractivity contribution in [1.82, 2.24) is 4.98 Å². The summed E-state index contributed by atoms with van der Waals surface area (Å²) < 4.78 is 0.868. The maximum absolute atomic E-state index is 9.09. The molecule has 17 heavy (non-hydrogen) atoms. The smallest absolute Gasteiger partial charge is 0.0738 e. The third-order valence-electron chi connectivity index (χ3n) is 2.45. The maximum Gasteiger partial charge on any atom is 0.0738 e. The minimum absolute atomic E-state index is 0.0208. The number of halogens is 2. The van der Waals surface area contributed by atoms with Crippen LogP contribution in [0.5, 0.6) is 0 Å². The van der Waals surface area contributed by atoms with Gasteiger partial charge in [0.1, 0.15) is 0 Å². The van der Waals surface area contributed by atoms with Crippen molar-refractivity contribution in [3.63, 3.8) is 0 Å². The topological polar surface area (TPSA) is 45.1 Å². The number of nitrogens with zero attached hydrogens (tertiary/aromatic N) is 1. The second-order valence-electron chi connectivity index (χ2n) is 3.87. The third kappa shape index (κ3) is 2.70. The third-order valence-corrected chi connectivity index (χ3v) is 3.29. The van der Waals surface area contributed by atoms with E-state index in [-0.39, 0.29) is 12.6 Å². The fraction of sp³-hybridized carbons (Fsp3) is 0.250. The van der Waals surface area contributed by atoms with Crippen LogP contribution in [0.2, 0.25) is 5.02 Å². The van der Waals surface area contributed by atoms with E-state index < -0.39 is 0 Å². The van der Waals surface area contributed by atoms with Gasteiger partial charge in [0.15, 0.2) is 0 Å². The molecule has 0 aliphatic heterocycles. The quantitative estimate of drug-likeness (QED) is 0.912. The normalized spacial score (nSPS) is 12.7. The molecule has 1 heterocycles. The van der Waals surface area contributed by atoms with E-state index in [1.165, 1.54) is 0 Å². The van der Waals surface area contributed by atoms with E-state index >= 15 is 0 Å². The summed E-state index contributed by atoms with van der Waals surface area (Å²) in [7, 11) is 0. The Labute approximate surface area is 113 Å². The van der Waals surface area contributed by atoms with E-state index in [0.29, 0.717) is 5.02 Å². The van der Waals surface area contributed by atoms with Crippen LogP contribution >= 0.6 is 27.5 Å². The van der Waals surface area contributed by atoms with Crippen molar-refractivity contribution in [3.8, 4) is 0 Å². The van der Waals surface area contributed by atoms with Crippen molar-refractivity contribution in [3.05, 3.63) is 33.9 Å². The SMILES string of the molecule is CC(CO)Nc1c(Br)cnc2cc(Cl)ccc12. The summed E-state index contributed by atoms with van der Waals surface area (Å²) in [5, 5.41) is 14.0. The zero-order chi connectivity index (χ0) is 12.4. The lowest BCUT2D eigenvalue weighted by atomic mass is 10.1. The van der Waals surface area contributed by atoms with Crippen LogP contribution < -0.4 is 5.32 Å². The van der Waals surface area contributed by atoms with Crippen LogP contribution in [0.4, 0.5) is 5.69 Å². The number of hydrogen-bond acceptors (Lipinski definition) is 3. The average Bonchev–Trinajstić information content (AvgIpc) is 2.32. The van der Waals surface area contributed by atoms with Gasteiger partial charge in [-0.1, -0.05) is 11.6 Å². The van der Waals surface area contributed by atoms with Crippen LogP contribution in [-0.4, -0.2) is 22.7 Å². The Bertz CT molecular complexity index is 547. The first-order chi connectivity index (χ1) is 8.11. The van der Waals surface area contributed by atoms with E-state index in [1.807, 2.05) is 25.1 Å². The first-order valence-electron chi connectivity index (χ1n) is 5.23. The van der Waals surface area contributed by atoms with Gasteiger partial charge in [-0.25, -0.2) is 0 Å². The molecule has 0 saturated carbocycles. The number of fused-ring (bicyclic) bond motifs is 1. The second-order valence-corrected chi connectivity index (χ2v) is 5.16. The second kappa shape index (κ2) is 5.21. The van der Waals surface area contributed by atoms with Crippen LogP contribution in [-0.2, 0) is 0 Å². The number of rotatable bonds is 3. The molecule has 1 unspecified atom stereocenters. The molecule has 5 heteroatoms. The Morgan fingerprint density at radius 2 is 2.29 bits per heavy atom. The van der Waals surface area contributed by atoms with Gasteiger partial charge in [-0.2, -0.15) is 0 Å². The largest absolute Gasteiger partial charge is 0.394 e. The molecule has 2 rings (SSSR count). The molecule has 0 spiro atoms. The average molecular weight is 316 g/mol. The summed E-state index contributed by atoms with van der Waals surface area (Å²) in [5.74, 6) is 0. The van der Waals surface area contributed by atoms with Gasteiger partial charge in [0, 0.05) is 22.6 Å². The molecule has 0 aliphatic rings. The molecule has 2 aromatic rings. The van der Waals surface area contributed by atoms with E-state index in [4.69, 9.17) is 16.7 Å². The van der Waals surface area contributed by atoms with Crippen LogP contribution in [0.15, 0.2) is 28.9 Å². The molecule has 1 atom stereocenters. The Hall–Kier alpha value is -0.840.